The number of hydroxylamine groups is 1. The number of hydrogen-bond donors (Lipinski definition) is 1. The van der Waals surface area contributed by atoms with Gasteiger partial charge in [0.25, 0.3) is 0 Å². The molecule has 0 amide bonds. The summed E-state index contributed by atoms with van der Waals surface area (Å²) in [6.45, 7) is 2.59. The van der Waals surface area contributed by atoms with Gasteiger partial charge in [0.15, 0.2) is 0 Å². The van der Waals surface area contributed by atoms with Gasteiger partial charge in [-0.2, -0.15) is 5.48 Å². The molecular formula is C5H11NO2S. The topological polar surface area (TPSA) is 38.3 Å². The summed E-state index contributed by atoms with van der Waals surface area (Å²) >= 11 is 0. The van der Waals surface area contributed by atoms with Crippen LogP contribution in [-0.4, -0.2) is 28.4 Å². The number of hydrogen-bond acceptors (Lipinski definition) is 3. The van der Waals surface area contributed by atoms with Gasteiger partial charge in [0.2, 0.25) is 0 Å². The second-order valence-electron chi connectivity index (χ2n) is 2.02. The van der Waals surface area contributed by atoms with Crippen LogP contribution in [0, 0.1) is 0 Å². The van der Waals surface area contributed by atoms with E-state index in [4.69, 9.17) is 4.84 Å². The molecule has 54 valence electrons. The van der Waals surface area contributed by atoms with E-state index in [0.29, 0.717) is 12.6 Å². The quantitative estimate of drug-likeness (QED) is 0.558. The fourth-order valence-corrected chi connectivity index (χ4v) is 1.61. The predicted molar refractivity (Wildman–Crippen MR) is 36.4 cm³/mol. The summed E-state index contributed by atoms with van der Waals surface area (Å²) in [5, 5.41) is 0. The largest absolute Gasteiger partial charge is 0.302 e. The van der Waals surface area contributed by atoms with E-state index >= 15 is 0 Å². The van der Waals surface area contributed by atoms with E-state index in [-0.39, 0.29) is 0 Å². The smallest absolute Gasteiger partial charge is 0.0654 e. The predicted octanol–water partition coefficient (Wildman–Crippen LogP) is -0.342. The Balaban J connectivity index is 1.97. The standard InChI is InChI=1S/C5H11NO2S/c1-2-8-6-5-3-9(7)4-5/h5-6H,2-4H2,1H3. The molecule has 3 nitrogen and oxygen atoms in total. The van der Waals surface area contributed by atoms with Crippen molar-refractivity contribution in [2.75, 3.05) is 18.1 Å². The molecule has 0 aromatic heterocycles. The molecule has 0 radical (unpaired) electrons. The van der Waals surface area contributed by atoms with Crippen molar-refractivity contribution >= 4 is 10.8 Å². The lowest BCUT2D eigenvalue weighted by molar-refractivity contribution is 0.0321. The molecule has 0 aromatic rings. The van der Waals surface area contributed by atoms with Gasteiger partial charge in [0.1, 0.15) is 0 Å². The van der Waals surface area contributed by atoms with Crippen molar-refractivity contribution in [1.82, 2.24) is 5.48 Å². The molecule has 0 spiro atoms. The van der Waals surface area contributed by atoms with Crippen LogP contribution in [0.2, 0.25) is 0 Å². The Hall–Kier alpha value is 0.0700. The Morgan fingerprint density at radius 3 is 2.89 bits per heavy atom. The van der Waals surface area contributed by atoms with Gasteiger partial charge in [-0.15, -0.1) is 0 Å². The van der Waals surface area contributed by atoms with E-state index in [1.165, 1.54) is 0 Å². The molecule has 4 heteroatoms. The van der Waals surface area contributed by atoms with Gasteiger partial charge in [0, 0.05) is 22.3 Å². The second-order valence-corrected chi connectivity index (χ2v) is 3.57. The first-order valence-electron chi connectivity index (χ1n) is 3.05. The molecule has 0 saturated carbocycles. The molecule has 1 fully saturated rings. The van der Waals surface area contributed by atoms with Crippen molar-refractivity contribution in [2.45, 2.75) is 13.0 Å². The van der Waals surface area contributed by atoms with Crippen molar-refractivity contribution in [2.24, 2.45) is 0 Å². The summed E-state index contributed by atoms with van der Waals surface area (Å²) in [6, 6.07) is 0.339. The zero-order valence-electron chi connectivity index (χ0n) is 5.42. The number of nitrogens with one attached hydrogen (secondary N) is 1. The van der Waals surface area contributed by atoms with Crippen molar-refractivity contribution in [3.05, 3.63) is 0 Å². The maximum absolute atomic E-state index is 10.5. The summed E-state index contributed by atoms with van der Waals surface area (Å²) in [5.74, 6) is 1.50. The fraction of sp³-hybridized carbons (Fsp3) is 1.00. The zero-order chi connectivity index (χ0) is 6.69. The molecule has 9 heavy (non-hydrogen) atoms. The monoisotopic (exact) mass is 149 g/mol. The molecule has 1 saturated heterocycles. The van der Waals surface area contributed by atoms with Gasteiger partial charge >= 0.3 is 0 Å². The van der Waals surface area contributed by atoms with Crippen molar-refractivity contribution < 1.29 is 9.05 Å². The van der Waals surface area contributed by atoms with Crippen LogP contribution in [0.5, 0.6) is 0 Å². The van der Waals surface area contributed by atoms with Gasteiger partial charge in [-0.1, -0.05) is 0 Å². The summed E-state index contributed by atoms with van der Waals surface area (Å²) in [6.07, 6.45) is 0. The third-order valence-corrected chi connectivity index (χ3v) is 2.72. The van der Waals surface area contributed by atoms with Crippen LogP contribution in [-0.2, 0) is 15.6 Å². The first-order chi connectivity index (χ1) is 4.33. The summed E-state index contributed by atoms with van der Waals surface area (Å²) < 4.78 is 10.5. The Morgan fingerprint density at radius 1 is 1.78 bits per heavy atom. The first kappa shape index (κ1) is 7.18. The summed E-state index contributed by atoms with van der Waals surface area (Å²) in [4.78, 5) is 4.90. The lowest BCUT2D eigenvalue weighted by Crippen LogP contribution is -2.47. The Labute approximate surface area is 57.2 Å². The average Bonchev–Trinajstić information content (AvgIpc) is 1.78. The van der Waals surface area contributed by atoms with Gasteiger partial charge in [0.05, 0.1) is 12.6 Å². The maximum Gasteiger partial charge on any atom is 0.0654 e. The Bertz CT molecular complexity index is 110. The summed E-state index contributed by atoms with van der Waals surface area (Å²) in [7, 11) is -0.568. The minimum Gasteiger partial charge on any atom is -0.302 e. The van der Waals surface area contributed by atoms with Crippen LogP contribution < -0.4 is 5.48 Å². The van der Waals surface area contributed by atoms with E-state index in [1.807, 2.05) is 6.92 Å². The molecule has 1 heterocycles. The lowest BCUT2D eigenvalue weighted by atomic mass is 10.4. The second kappa shape index (κ2) is 3.29. The Kier molecular flexibility index (Phi) is 2.63. The fourth-order valence-electron chi connectivity index (χ4n) is 0.669. The lowest BCUT2D eigenvalue weighted by Gasteiger charge is -2.24. The molecular weight excluding hydrogens is 138 g/mol. The maximum atomic E-state index is 10.5. The van der Waals surface area contributed by atoms with Crippen molar-refractivity contribution in [1.29, 1.82) is 0 Å². The highest BCUT2D eigenvalue weighted by Crippen LogP contribution is 2.04. The molecule has 1 aliphatic rings. The Morgan fingerprint density at radius 2 is 2.44 bits per heavy atom. The first-order valence-corrected chi connectivity index (χ1v) is 4.54. The van der Waals surface area contributed by atoms with E-state index in [0.717, 1.165) is 11.5 Å². The minimum absolute atomic E-state index is 0.339. The average molecular weight is 149 g/mol. The van der Waals surface area contributed by atoms with Crippen LogP contribution in [0.15, 0.2) is 0 Å². The van der Waals surface area contributed by atoms with E-state index in [2.05, 4.69) is 5.48 Å². The molecule has 0 aliphatic carbocycles. The van der Waals surface area contributed by atoms with Crippen molar-refractivity contribution in [3.63, 3.8) is 0 Å². The van der Waals surface area contributed by atoms with Gasteiger partial charge < -0.3 is 4.84 Å². The van der Waals surface area contributed by atoms with Gasteiger partial charge in [-0.05, 0) is 6.92 Å². The van der Waals surface area contributed by atoms with Crippen LogP contribution in [0.25, 0.3) is 0 Å². The highest BCUT2D eigenvalue weighted by molar-refractivity contribution is 7.86. The van der Waals surface area contributed by atoms with E-state index in [9.17, 15) is 4.21 Å². The van der Waals surface area contributed by atoms with Gasteiger partial charge in [-0.3, -0.25) is 4.21 Å². The highest BCUT2D eigenvalue weighted by atomic mass is 32.2. The molecule has 0 aromatic carbocycles. The number of rotatable bonds is 3. The molecule has 1 N–H and O–H groups in total. The van der Waals surface area contributed by atoms with Gasteiger partial charge in [-0.25, -0.2) is 0 Å². The van der Waals surface area contributed by atoms with Crippen LogP contribution >= 0.6 is 0 Å². The van der Waals surface area contributed by atoms with E-state index < -0.39 is 10.8 Å². The molecule has 0 bridgehead atoms. The van der Waals surface area contributed by atoms with Crippen LogP contribution in [0.3, 0.4) is 0 Å². The minimum atomic E-state index is -0.568. The van der Waals surface area contributed by atoms with Crippen LogP contribution in [0.1, 0.15) is 6.92 Å². The third-order valence-electron chi connectivity index (χ3n) is 1.17. The van der Waals surface area contributed by atoms with E-state index in [1.54, 1.807) is 0 Å². The zero-order valence-corrected chi connectivity index (χ0v) is 6.24. The van der Waals surface area contributed by atoms with Crippen LogP contribution in [0.4, 0.5) is 0 Å². The molecule has 0 atom stereocenters. The van der Waals surface area contributed by atoms with Crippen molar-refractivity contribution in [3.8, 4) is 0 Å². The summed E-state index contributed by atoms with van der Waals surface area (Å²) in [5.41, 5.74) is 2.81. The SMILES string of the molecule is CCONC1CS(=O)C1. The third kappa shape index (κ3) is 2.04. The highest BCUT2D eigenvalue weighted by Gasteiger charge is 2.24. The normalized spacial score (nSPS) is 33.9. The molecule has 1 rings (SSSR count). The molecule has 0 unspecified atom stereocenters. The molecule has 1 aliphatic heterocycles.